The molecule has 1 heterocycles. The molecule has 0 amide bonds. The minimum Gasteiger partial charge on any atom is -0.292 e. The van der Waals surface area contributed by atoms with Crippen LogP contribution in [0.25, 0.3) is 11.0 Å². The third kappa shape index (κ3) is 1.63. The van der Waals surface area contributed by atoms with E-state index in [-0.39, 0.29) is 11.6 Å². The number of Topliss-reactive ketones (excluding diaryl/α,β-unsaturated/α-hetero) is 2. The van der Waals surface area contributed by atoms with Crippen LogP contribution in [-0.4, -0.2) is 21.5 Å². The van der Waals surface area contributed by atoms with Crippen molar-refractivity contribution in [1.29, 1.82) is 0 Å². The smallest absolute Gasteiger partial charge is 0.194 e. The summed E-state index contributed by atoms with van der Waals surface area (Å²) in [6, 6.07) is 14.2. The van der Waals surface area contributed by atoms with Crippen LogP contribution in [0, 0.1) is 0 Å². The Morgan fingerprint density at radius 3 is 2.00 bits per heavy atom. The number of aromatic nitrogens is 2. The summed E-state index contributed by atoms with van der Waals surface area (Å²) in [6.45, 7) is 0. The van der Waals surface area contributed by atoms with E-state index in [0.717, 1.165) is 5.52 Å². The van der Waals surface area contributed by atoms with E-state index in [4.69, 9.17) is 0 Å². The van der Waals surface area contributed by atoms with E-state index in [9.17, 15) is 9.59 Å². The number of carbonyl (C=O) groups is 2. The van der Waals surface area contributed by atoms with Crippen molar-refractivity contribution in [2.75, 3.05) is 0 Å². The van der Waals surface area contributed by atoms with E-state index in [1.165, 1.54) is 6.20 Å². The van der Waals surface area contributed by atoms with Gasteiger partial charge in [-0.05, 0) is 12.1 Å². The maximum absolute atomic E-state index is 12.7. The summed E-state index contributed by atoms with van der Waals surface area (Å²) in [6.07, 6.45) is 1.48. The molecular formula is C17H9BrN2O2. The molecule has 0 saturated carbocycles. The van der Waals surface area contributed by atoms with Crippen molar-refractivity contribution in [2.45, 2.75) is 4.32 Å². The molecule has 22 heavy (non-hydrogen) atoms. The van der Waals surface area contributed by atoms with Crippen LogP contribution in [0.2, 0.25) is 0 Å². The monoisotopic (exact) mass is 352 g/mol. The van der Waals surface area contributed by atoms with Crippen LogP contribution in [-0.2, 0) is 4.32 Å². The van der Waals surface area contributed by atoms with Gasteiger partial charge in [-0.1, -0.05) is 52.3 Å². The highest BCUT2D eigenvalue weighted by Crippen LogP contribution is 2.43. The largest absolute Gasteiger partial charge is 0.292 e. The van der Waals surface area contributed by atoms with E-state index >= 15 is 0 Å². The lowest BCUT2D eigenvalue weighted by Crippen LogP contribution is -2.32. The van der Waals surface area contributed by atoms with Gasteiger partial charge in [0.1, 0.15) is 0 Å². The van der Waals surface area contributed by atoms with Crippen molar-refractivity contribution in [1.82, 2.24) is 9.97 Å². The zero-order chi connectivity index (χ0) is 15.3. The van der Waals surface area contributed by atoms with Gasteiger partial charge in [0, 0.05) is 11.1 Å². The molecule has 0 radical (unpaired) electrons. The van der Waals surface area contributed by atoms with E-state index in [1.54, 1.807) is 30.3 Å². The van der Waals surface area contributed by atoms with Gasteiger partial charge < -0.3 is 0 Å². The van der Waals surface area contributed by atoms with Crippen LogP contribution in [0.15, 0.2) is 54.7 Å². The molecule has 0 N–H and O–H groups in total. The highest BCUT2D eigenvalue weighted by Gasteiger charge is 2.53. The van der Waals surface area contributed by atoms with E-state index in [2.05, 4.69) is 25.9 Å². The van der Waals surface area contributed by atoms with Crippen molar-refractivity contribution >= 4 is 38.5 Å². The van der Waals surface area contributed by atoms with Gasteiger partial charge in [-0.2, -0.15) is 0 Å². The van der Waals surface area contributed by atoms with Gasteiger partial charge in [0.25, 0.3) is 0 Å². The minimum atomic E-state index is -1.48. The number of halogens is 1. The van der Waals surface area contributed by atoms with Crippen molar-refractivity contribution in [3.63, 3.8) is 0 Å². The molecule has 0 bridgehead atoms. The number of alkyl halides is 1. The number of nitrogens with zero attached hydrogens (tertiary/aromatic N) is 2. The van der Waals surface area contributed by atoms with Crippen LogP contribution in [0.5, 0.6) is 0 Å². The number of ketones is 2. The number of hydrogen-bond acceptors (Lipinski definition) is 4. The van der Waals surface area contributed by atoms with Gasteiger partial charge >= 0.3 is 0 Å². The van der Waals surface area contributed by atoms with Gasteiger partial charge in [-0.25, -0.2) is 4.98 Å². The Morgan fingerprint density at radius 1 is 0.818 bits per heavy atom. The van der Waals surface area contributed by atoms with Gasteiger partial charge in [0.2, 0.25) is 0 Å². The second-order valence-electron chi connectivity index (χ2n) is 5.11. The third-order valence-corrected chi connectivity index (χ3v) is 4.97. The molecule has 3 aromatic rings. The first-order valence-electron chi connectivity index (χ1n) is 6.72. The summed E-state index contributed by atoms with van der Waals surface area (Å²) >= 11 is 3.35. The maximum atomic E-state index is 12.7. The third-order valence-electron chi connectivity index (χ3n) is 3.84. The molecule has 5 heteroatoms. The summed E-state index contributed by atoms with van der Waals surface area (Å²) < 4.78 is -1.48. The lowest BCUT2D eigenvalue weighted by atomic mass is 9.99. The number of carbonyl (C=O) groups excluding carboxylic acids is 2. The molecule has 0 fully saturated rings. The fourth-order valence-electron chi connectivity index (χ4n) is 2.71. The van der Waals surface area contributed by atoms with Gasteiger partial charge in [-0.3, -0.25) is 14.6 Å². The van der Waals surface area contributed by atoms with Gasteiger partial charge in [-0.15, -0.1) is 0 Å². The molecule has 0 saturated heterocycles. The highest BCUT2D eigenvalue weighted by atomic mass is 79.9. The summed E-state index contributed by atoms with van der Waals surface area (Å²) in [4.78, 5) is 34.2. The van der Waals surface area contributed by atoms with Crippen molar-refractivity contribution in [2.24, 2.45) is 0 Å². The number of para-hydroxylation sites is 2. The van der Waals surface area contributed by atoms with Gasteiger partial charge in [0.05, 0.1) is 22.9 Å². The Bertz CT molecular complexity index is 917. The lowest BCUT2D eigenvalue weighted by molar-refractivity contribution is 0.0869. The molecule has 0 atom stereocenters. The molecule has 1 aromatic heterocycles. The average molecular weight is 353 g/mol. The molecule has 0 unspecified atom stereocenters. The minimum absolute atomic E-state index is 0.294. The fourth-order valence-corrected chi connectivity index (χ4v) is 3.33. The Hall–Kier alpha value is -2.40. The standard InChI is InChI=1S/C17H9BrN2O2/c18-17(14-9-19-12-7-3-4-8-13(12)20-14)15(21)10-5-1-2-6-11(10)16(17)22/h1-9H. The molecule has 106 valence electrons. The topological polar surface area (TPSA) is 59.9 Å². The van der Waals surface area contributed by atoms with E-state index in [0.29, 0.717) is 22.3 Å². The number of rotatable bonds is 1. The first-order valence-corrected chi connectivity index (χ1v) is 7.51. The number of fused-ring (bicyclic) bond motifs is 2. The van der Waals surface area contributed by atoms with Crippen LogP contribution in [0.1, 0.15) is 26.4 Å². The highest BCUT2D eigenvalue weighted by molar-refractivity contribution is 9.10. The molecule has 1 aliphatic carbocycles. The summed E-state index contributed by atoms with van der Waals surface area (Å²) in [5, 5.41) is 0. The Kier molecular flexibility index (Phi) is 2.74. The summed E-state index contributed by atoms with van der Waals surface area (Å²) in [5.74, 6) is -0.588. The van der Waals surface area contributed by atoms with Crippen molar-refractivity contribution in [3.05, 3.63) is 71.5 Å². The second-order valence-corrected chi connectivity index (χ2v) is 6.30. The molecular weight excluding hydrogens is 344 g/mol. The summed E-state index contributed by atoms with van der Waals surface area (Å²) in [7, 11) is 0. The predicted molar refractivity (Wildman–Crippen MR) is 85.2 cm³/mol. The van der Waals surface area contributed by atoms with Crippen LogP contribution < -0.4 is 0 Å². The number of benzene rings is 2. The SMILES string of the molecule is O=C1c2ccccc2C(=O)C1(Br)c1cnc2ccccc2n1. The zero-order valence-corrected chi connectivity index (χ0v) is 12.9. The summed E-state index contributed by atoms with van der Waals surface area (Å²) in [5.41, 5.74) is 2.52. The fraction of sp³-hybridized carbons (Fsp3) is 0.0588. The quantitative estimate of drug-likeness (QED) is 0.498. The molecule has 2 aromatic carbocycles. The van der Waals surface area contributed by atoms with E-state index < -0.39 is 4.32 Å². The Morgan fingerprint density at radius 2 is 1.36 bits per heavy atom. The predicted octanol–water partition coefficient (Wildman–Crippen LogP) is 3.30. The van der Waals surface area contributed by atoms with Crippen molar-refractivity contribution < 1.29 is 9.59 Å². The Labute approximate surface area is 134 Å². The van der Waals surface area contributed by atoms with Crippen molar-refractivity contribution in [3.8, 4) is 0 Å². The van der Waals surface area contributed by atoms with Crippen LogP contribution in [0.4, 0.5) is 0 Å². The number of hydrogen-bond donors (Lipinski definition) is 0. The Balaban J connectivity index is 1.94. The maximum Gasteiger partial charge on any atom is 0.194 e. The second kappa shape index (κ2) is 4.55. The molecule has 4 nitrogen and oxygen atoms in total. The normalized spacial score (nSPS) is 16.0. The van der Waals surface area contributed by atoms with Crippen LogP contribution >= 0.6 is 15.9 Å². The van der Waals surface area contributed by atoms with E-state index in [1.807, 2.05) is 18.2 Å². The first kappa shape index (κ1) is 13.3. The molecule has 0 aliphatic heterocycles. The average Bonchev–Trinajstić information content (AvgIpc) is 2.77. The molecule has 0 spiro atoms. The van der Waals surface area contributed by atoms with Crippen LogP contribution in [0.3, 0.4) is 0 Å². The first-order chi connectivity index (χ1) is 10.6. The lowest BCUT2D eigenvalue weighted by Gasteiger charge is -2.17. The molecule has 4 rings (SSSR count). The zero-order valence-electron chi connectivity index (χ0n) is 11.3. The van der Waals surface area contributed by atoms with Gasteiger partial charge in [0.15, 0.2) is 15.9 Å². The molecule has 1 aliphatic rings.